The zero-order valence-electron chi connectivity index (χ0n) is 21.2. The van der Waals surface area contributed by atoms with Crippen LogP contribution in [0.5, 0.6) is 0 Å². The summed E-state index contributed by atoms with van der Waals surface area (Å²) in [4.78, 5) is 23.6. The Kier molecular flexibility index (Phi) is 6.96. The van der Waals surface area contributed by atoms with Crippen molar-refractivity contribution in [2.45, 2.75) is 50.6 Å². The lowest BCUT2D eigenvalue weighted by atomic mass is 9.84. The van der Waals surface area contributed by atoms with Crippen molar-refractivity contribution in [2.75, 3.05) is 6.54 Å². The number of fused-ring (bicyclic) bond motifs is 1. The number of aromatic nitrogens is 2. The molecule has 1 aliphatic carbocycles. The average Bonchev–Trinajstić information content (AvgIpc) is 3.44. The lowest BCUT2D eigenvalue weighted by molar-refractivity contribution is 0.0690. The van der Waals surface area contributed by atoms with Crippen molar-refractivity contribution >= 4 is 17.6 Å². The van der Waals surface area contributed by atoms with Crippen LogP contribution in [0, 0.1) is 0 Å². The molecule has 38 heavy (non-hydrogen) atoms. The molecule has 0 amide bonds. The van der Waals surface area contributed by atoms with Crippen LogP contribution in [0.15, 0.2) is 78.9 Å². The van der Waals surface area contributed by atoms with Crippen LogP contribution in [-0.2, 0) is 12.8 Å². The first-order valence-corrected chi connectivity index (χ1v) is 13.7. The molecule has 0 spiro atoms. The molecule has 0 unspecified atom stereocenters. The second kappa shape index (κ2) is 10.7. The summed E-state index contributed by atoms with van der Waals surface area (Å²) in [5, 5.41) is 10.2. The van der Waals surface area contributed by atoms with Gasteiger partial charge in [0, 0.05) is 28.7 Å². The fourth-order valence-electron chi connectivity index (χ4n) is 6.07. The molecule has 2 aromatic heterocycles. The van der Waals surface area contributed by atoms with E-state index in [4.69, 9.17) is 16.6 Å². The number of hydrogen-bond donors (Lipinski definition) is 1. The van der Waals surface area contributed by atoms with Crippen molar-refractivity contribution in [1.82, 2.24) is 14.9 Å². The van der Waals surface area contributed by atoms with Crippen molar-refractivity contribution in [3.05, 3.63) is 118 Å². The highest BCUT2D eigenvalue weighted by atomic mass is 35.5. The van der Waals surface area contributed by atoms with Gasteiger partial charge in [0.05, 0.1) is 17.4 Å². The first-order valence-electron chi connectivity index (χ1n) is 13.3. The summed E-state index contributed by atoms with van der Waals surface area (Å²) in [6, 6.07) is 26.7. The van der Waals surface area contributed by atoms with E-state index in [1.807, 2.05) is 18.2 Å². The van der Waals surface area contributed by atoms with Crippen molar-refractivity contribution < 1.29 is 9.90 Å². The van der Waals surface area contributed by atoms with Crippen LogP contribution in [0.2, 0.25) is 5.02 Å². The molecule has 1 N–H and O–H groups in total. The molecule has 1 saturated heterocycles. The van der Waals surface area contributed by atoms with Gasteiger partial charge >= 0.3 is 5.97 Å². The zero-order chi connectivity index (χ0) is 26.1. The lowest BCUT2D eigenvalue weighted by Gasteiger charge is -2.37. The Morgan fingerprint density at radius 3 is 2.58 bits per heavy atom. The van der Waals surface area contributed by atoms with Gasteiger partial charge in [-0.3, -0.25) is 9.88 Å². The Balaban J connectivity index is 1.29. The third-order valence-electron chi connectivity index (χ3n) is 7.86. The van der Waals surface area contributed by atoms with E-state index in [9.17, 15) is 9.90 Å². The SMILES string of the molecule is O=C(O)c1cccc(-c2ccc3c(c2)[C@H](N2CCC[C@@H]2c2cccc(Cc4ccc(Cl)cc4)n2)CCC3)n1. The van der Waals surface area contributed by atoms with Crippen molar-refractivity contribution in [1.29, 1.82) is 0 Å². The largest absolute Gasteiger partial charge is 0.477 e. The number of hydrogen-bond acceptors (Lipinski definition) is 4. The minimum absolute atomic E-state index is 0.0703. The van der Waals surface area contributed by atoms with E-state index in [1.54, 1.807) is 6.07 Å². The van der Waals surface area contributed by atoms with Crippen molar-refractivity contribution in [2.24, 2.45) is 0 Å². The average molecular weight is 524 g/mol. The molecule has 4 aromatic rings. The number of carbonyl (C=O) groups is 1. The second-order valence-corrected chi connectivity index (χ2v) is 10.7. The molecule has 1 aliphatic heterocycles. The predicted octanol–water partition coefficient (Wildman–Crippen LogP) is 7.30. The standard InChI is InChI=1S/C32H30ClN3O2/c33-24-16-12-21(13-17-24)19-25-6-2-8-28(34-25)31-11-4-18-36(31)30-10-1-5-22-14-15-23(20-26(22)30)27-7-3-9-29(35-27)32(37)38/h2-3,6-9,12-17,20,30-31H,1,4-5,10-11,18-19H2,(H,37,38)/t30-,31-/m1/s1. The van der Waals surface area contributed by atoms with Gasteiger partial charge in [0.1, 0.15) is 5.69 Å². The monoisotopic (exact) mass is 523 g/mol. The van der Waals surface area contributed by atoms with Gasteiger partial charge in [-0.15, -0.1) is 0 Å². The van der Waals surface area contributed by atoms with E-state index in [2.05, 4.69) is 58.4 Å². The zero-order valence-corrected chi connectivity index (χ0v) is 21.9. The van der Waals surface area contributed by atoms with E-state index >= 15 is 0 Å². The van der Waals surface area contributed by atoms with E-state index < -0.39 is 5.97 Å². The topological polar surface area (TPSA) is 66.3 Å². The van der Waals surface area contributed by atoms with E-state index in [1.165, 1.54) is 22.8 Å². The van der Waals surface area contributed by atoms with Crippen LogP contribution < -0.4 is 0 Å². The Labute approximate surface area is 228 Å². The number of rotatable bonds is 6. The highest BCUT2D eigenvalue weighted by molar-refractivity contribution is 6.30. The van der Waals surface area contributed by atoms with Crippen LogP contribution in [0.25, 0.3) is 11.3 Å². The van der Waals surface area contributed by atoms with Crippen LogP contribution >= 0.6 is 11.6 Å². The summed E-state index contributed by atoms with van der Waals surface area (Å²) in [7, 11) is 0. The van der Waals surface area contributed by atoms with E-state index in [0.717, 1.165) is 67.0 Å². The van der Waals surface area contributed by atoms with Crippen LogP contribution in [0.3, 0.4) is 0 Å². The number of aromatic carboxylic acids is 1. The highest BCUT2D eigenvalue weighted by Gasteiger charge is 2.35. The summed E-state index contributed by atoms with van der Waals surface area (Å²) in [6.45, 7) is 1.05. The van der Waals surface area contributed by atoms with Crippen LogP contribution in [0.1, 0.15) is 76.3 Å². The maximum atomic E-state index is 11.5. The van der Waals surface area contributed by atoms with Gasteiger partial charge in [-0.2, -0.15) is 0 Å². The minimum Gasteiger partial charge on any atom is -0.477 e. The number of benzene rings is 2. The first kappa shape index (κ1) is 24.8. The molecule has 0 radical (unpaired) electrons. The number of halogens is 1. The summed E-state index contributed by atoms with van der Waals surface area (Å²) in [5.74, 6) is -1.01. The number of carboxylic acid groups (broad SMARTS) is 1. The summed E-state index contributed by atoms with van der Waals surface area (Å²) in [5.41, 5.74) is 7.90. The third-order valence-corrected chi connectivity index (χ3v) is 8.11. The van der Waals surface area contributed by atoms with Gasteiger partial charge in [-0.05, 0) is 97.8 Å². The van der Waals surface area contributed by atoms with Gasteiger partial charge in [-0.1, -0.05) is 48.0 Å². The molecule has 2 atom stereocenters. The fraction of sp³-hybridized carbons (Fsp3) is 0.281. The summed E-state index contributed by atoms with van der Waals surface area (Å²) in [6.07, 6.45) is 6.39. The van der Waals surface area contributed by atoms with E-state index in [0.29, 0.717) is 11.7 Å². The molecular weight excluding hydrogens is 494 g/mol. The van der Waals surface area contributed by atoms with Crippen molar-refractivity contribution in [3.8, 4) is 11.3 Å². The van der Waals surface area contributed by atoms with E-state index in [-0.39, 0.29) is 11.7 Å². The number of nitrogens with zero attached hydrogens (tertiary/aromatic N) is 3. The molecule has 2 aromatic carbocycles. The molecule has 1 fully saturated rings. The molecule has 0 bridgehead atoms. The predicted molar refractivity (Wildman–Crippen MR) is 149 cm³/mol. The first-order chi connectivity index (χ1) is 18.5. The Hall–Kier alpha value is -3.54. The van der Waals surface area contributed by atoms with Crippen molar-refractivity contribution in [3.63, 3.8) is 0 Å². The lowest BCUT2D eigenvalue weighted by Crippen LogP contribution is -2.31. The maximum absolute atomic E-state index is 11.5. The molecule has 3 heterocycles. The Bertz CT molecular complexity index is 1470. The highest BCUT2D eigenvalue weighted by Crippen LogP contribution is 2.44. The normalized spacial score (nSPS) is 19.3. The second-order valence-electron chi connectivity index (χ2n) is 10.3. The van der Waals surface area contributed by atoms with Gasteiger partial charge in [0.15, 0.2) is 0 Å². The Morgan fingerprint density at radius 2 is 1.74 bits per heavy atom. The molecular formula is C32H30ClN3O2. The Morgan fingerprint density at radius 1 is 0.921 bits per heavy atom. The summed E-state index contributed by atoms with van der Waals surface area (Å²) >= 11 is 6.07. The summed E-state index contributed by atoms with van der Waals surface area (Å²) < 4.78 is 0. The van der Waals surface area contributed by atoms with Gasteiger partial charge in [0.25, 0.3) is 0 Å². The molecule has 192 valence electrons. The quantitative estimate of drug-likeness (QED) is 0.287. The minimum atomic E-state index is -1.01. The molecule has 6 heteroatoms. The third kappa shape index (κ3) is 5.09. The number of carboxylic acids is 1. The van der Waals surface area contributed by atoms with Gasteiger partial charge in [-0.25, -0.2) is 9.78 Å². The molecule has 2 aliphatic rings. The maximum Gasteiger partial charge on any atom is 0.354 e. The fourth-order valence-corrected chi connectivity index (χ4v) is 6.19. The smallest absolute Gasteiger partial charge is 0.354 e. The van der Waals surface area contributed by atoms with Crippen LogP contribution in [0.4, 0.5) is 0 Å². The van der Waals surface area contributed by atoms with Crippen LogP contribution in [-0.4, -0.2) is 32.5 Å². The number of likely N-dealkylation sites (tertiary alicyclic amines) is 1. The van der Waals surface area contributed by atoms with Gasteiger partial charge < -0.3 is 5.11 Å². The van der Waals surface area contributed by atoms with Gasteiger partial charge in [0.2, 0.25) is 0 Å². The molecule has 6 rings (SSSR count). The molecule has 0 saturated carbocycles. The number of aryl methyl sites for hydroxylation is 1. The molecule has 5 nitrogen and oxygen atoms in total. The number of pyridine rings is 2.